The maximum atomic E-state index is 11.3. The fourth-order valence-electron chi connectivity index (χ4n) is 9.54. The van der Waals surface area contributed by atoms with E-state index in [0.29, 0.717) is 24.1 Å². The molecule has 0 bridgehead atoms. The predicted octanol–water partition coefficient (Wildman–Crippen LogP) is 16.3. The van der Waals surface area contributed by atoms with Crippen LogP contribution in [-0.4, -0.2) is 12.6 Å². The minimum absolute atomic E-state index is 0.277. The molecule has 0 aliphatic carbocycles. The lowest BCUT2D eigenvalue weighted by molar-refractivity contribution is 0.109. The van der Waals surface area contributed by atoms with E-state index >= 15 is 0 Å². The molecule has 0 N–H and O–H groups in total. The van der Waals surface area contributed by atoms with Gasteiger partial charge in [0.15, 0.2) is 24.1 Å². The maximum absolute atomic E-state index is 11.3. The van der Waals surface area contributed by atoms with Gasteiger partial charge in [0.2, 0.25) is 0 Å². The van der Waals surface area contributed by atoms with Gasteiger partial charge < -0.3 is 39.8 Å². The molecular weight excluding hydrogens is 921 g/mol. The Labute approximate surface area is 427 Å². The van der Waals surface area contributed by atoms with Crippen molar-refractivity contribution < 1.29 is 49.3 Å². The number of carbonyl (C=O) groups is 2. The topological polar surface area (TPSA) is 152 Å². The van der Waals surface area contributed by atoms with Gasteiger partial charge in [0.25, 0.3) is 0 Å². The van der Waals surface area contributed by atoms with Crippen LogP contribution in [0.2, 0.25) is 0 Å². The third-order valence-electron chi connectivity index (χ3n) is 15.6. The van der Waals surface area contributed by atoms with Gasteiger partial charge in [-0.15, -0.1) is 0 Å². The minimum Gasteiger partial charge on any atom is -0.464 e. The Morgan fingerprint density at radius 2 is 0.315 bits per heavy atom. The van der Waals surface area contributed by atoms with Crippen LogP contribution in [0.25, 0.3) is 0 Å². The molecule has 0 amide bonds. The van der Waals surface area contributed by atoms with Gasteiger partial charge in [-0.3, -0.25) is 9.59 Å². The van der Waals surface area contributed by atoms with Crippen LogP contribution in [0.1, 0.15) is 224 Å². The van der Waals surface area contributed by atoms with Crippen LogP contribution in [0.5, 0.6) is 0 Å². The zero-order chi connectivity index (χ0) is 52.9. The standard InChI is InChI=1S/C62H68O11/c1-55(2,39-19-17-37(35-63)65-39)41-21-23-43(67-41)57(5,6)45-25-27-47(69-45)59(9,10)49-29-31-51(71-49)61(13,14)53-33-34-54(73-53)62(15,16)52-32-30-50(72-52)60(11,12)48-28-26-46(70-48)58(7,8)44-24-22-42(68-44)56(3,4)40-20-18-38(36-64)66-40/h17-36H,1-16H3. The van der Waals surface area contributed by atoms with Gasteiger partial charge >= 0.3 is 0 Å². The summed E-state index contributed by atoms with van der Waals surface area (Å²) in [5, 5.41) is 0. The Balaban J connectivity index is 0.886. The number of hydrogen-bond acceptors (Lipinski definition) is 11. The van der Waals surface area contributed by atoms with Crippen molar-refractivity contribution in [1.29, 1.82) is 0 Å². The Kier molecular flexibility index (Phi) is 12.0. The first-order valence-corrected chi connectivity index (χ1v) is 24.9. The molecule has 382 valence electrons. The average molecular weight is 989 g/mol. The van der Waals surface area contributed by atoms with Crippen molar-refractivity contribution >= 4 is 12.6 Å². The third-order valence-corrected chi connectivity index (χ3v) is 15.6. The van der Waals surface area contributed by atoms with Crippen molar-refractivity contribution in [3.63, 3.8) is 0 Å². The molecule has 9 aromatic rings. The first kappa shape index (κ1) is 50.8. The molecule has 73 heavy (non-hydrogen) atoms. The summed E-state index contributed by atoms with van der Waals surface area (Å²) < 4.78 is 58.0. The lowest BCUT2D eigenvalue weighted by Crippen LogP contribution is -2.21. The summed E-state index contributed by atoms with van der Waals surface area (Å²) in [5.41, 5.74) is -4.87. The van der Waals surface area contributed by atoms with E-state index in [-0.39, 0.29) is 11.5 Å². The van der Waals surface area contributed by atoms with Gasteiger partial charge in [-0.1, -0.05) is 0 Å². The van der Waals surface area contributed by atoms with Crippen molar-refractivity contribution in [2.45, 2.75) is 154 Å². The zero-order valence-electron chi connectivity index (χ0n) is 45.0. The molecular formula is C62H68O11. The molecule has 0 unspecified atom stereocenters. The summed E-state index contributed by atoms with van der Waals surface area (Å²) in [6, 6.07) is 34.9. The van der Waals surface area contributed by atoms with E-state index < -0.39 is 43.3 Å². The second-order valence-electron chi connectivity index (χ2n) is 23.8. The van der Waals surface area contributed by atoms with Crippen LogP contribution in [0, 0.1) is 0 Å². The largest absolute Gasteiger partial charge is 0.464 e. The number of furan rings is 9. The lowest BCUT2D eigenvalue weighted by Gasteiger charge is -2.25. The fraction of sp³-hybridized carbons (Fsp3) is 0.387. The van der Waals surface area contributed by atoms with E-state index in [1.807, 2.05) is 125 Å². The molecule has 9 rings (SSSR count). The van der Waals surface area contributed by atoms with Crippen molar-refractivity contribution in [3.05, 3.63) is 213 Å². The molecule has 11 heteroatoms. The minimum atomic E-state index is -0.622. The number of carbonyl (C=O) groups excluding carboxylic acids is 2. The lowest BCUT2D eigenvalue weighted by atomic mass is 9.87. The molecule has 0 radical (unpaired) electrons. The highest BCUT2D eigenvalue weighted by atomic mass is 16.4. The molecule has 0 spiro atoms. The molecule has 0 aliphatic heterocycles. The summed E-state index contributed by atoms with van der Waals surface area (Å²) in [4.78, 5) is 22.6. The molecule has 0 aromatic carbocycles. The van der Waals surface area contributed by atoms with Gasteiger partial charge in [0, 0.05) is 0 Å². The van der Waals surface area contributed by atoms with E-state index in [2.05, 4.69) is 83.1 Å². The summed E-state index contributed by atoms with van der Waals surface area (Å²) in [6.45, 7) is 33.1. The van der Waals surface area contributed by atoms with E-state index in [1.165, 1.54) is 0 Å². The normalized spacial score (nSPS) is 13.6. The van der Waals surface area contributed by atoms with Crippen LogP contribution in [0.15, 0.2) is 149 Å². The molecule has 0 saturated heterocycles. The Bertz CT molecular complexity index is 3200. The maximum Gasteiger partial charge on any atom is 0.185 e. The van der Waals surface area contributed by atoms with Gasteiger partial charge in [0.05, 0.1) is 43.3 Å². The highest BCUT2D eigenvalue weighted by Gasteiger charge is 2.42. The predicted molar refractivity (Wildman–Crippen MR) is 276 cm³/mol. The van der Waals surface area contributed by atoms with Crippen LogP contribution in [0.4, 0.5) is 0 Å². The highest BCUT2D eigenvalue weighted by Crippen LogP contribution is 2.46. The van der Waals surface area contributed by atoms with Crippen molar-refractivity contribution in [3.8, 4) is 0 Å². The first-order valence-electron chi connectivity index (χ1n) is 24.9. The third kappa shape index (κ3) is 8.48. The smallest absolute Gasteiger partial charge is 0.185 e. The Hall–Kier alpha value is -7.14. The van der Waals surface area contributed by atoms with E-state index in [1.54, 1.807) is 12.1 Å². The second kappa shape index (κ2) is 17.2. The van der Waals surface area contributed by atoms with E-state index in [4.69, 9.17) is 39.8 Å². The summed E-state index contributed by atoms with van der Waals surface area (Å²) in [6.07, 6.45) is 1.40. The summed E-state index contributed by atoms with van der Waals surface area (Å²) >= 11 is 0. The monoisotopic (exact) mass is 988 g/mol. The Morgan fingerprint density at radius 1 is 0.205 bits per heavy atom. The Morgan fingerprint density at radius 3 is 0.425 bits per heavy atom. The number of rotatable bonds is 18. The van der Waals surface area contributed by atoms with Crippen LogP contribution < -0.4 is 0 Å². The van der Waals surface area contributed by atoms with E-state index in [9.17, 15) is 9.59 Å². The van der Waals surface area contributed by atoms with Gasteiger partial charge in [-0.05, 0) is 220 Å². The quantitative estimate of drug-likeness (QED) is 0.0755. The molecule has 9 heterocycles. The molecule has 9 aromatic heterocycles. The van der Waals surface area contributed by atoms with Gasteiger partial charge in [-0.25, -0.2) is 0 Å². The second-order valence-corrected chi connectivity index (χ2v) is 23.8. The molecule has 0 atom stereocenters. The van der Waals surface area contributed by atoms with Gasteiger partial charge in [-0.2, -0.15) is 0 Å². The van der Waals surface area contributed by atoms with Gasteiger partial charge in [0.1, 0.15) is 92.2 Å². The van der Waals surface area contributed by atoms with Crippen molar-refractivity contribution in [2.24, 2.45) is 0 Å². The number of aldehydes is 2. The van der Waals surface area contributed by atoms with Crippen molar-refractivity contribution in [1.82, 2.24) is 0 Å². The molecule has 0 fully saturated rings. The molecule has 0 saturated carbocycles. The first-order chi connectivity index (χ1) is 34.0. The van der Waals surface area contributed by atoms with Crippen molar-refractivity contribution in [2.75, 3.05) is 0 Å². The molecule has 0 aliphatic rings. The van der Waals surface area contributed by atoms with Crippen LogP contribution in [-0.2, 0) is 43.3 Å². The molecule has 11 nitrogen and oxygen atoms in total. The highest BCUT2D eigenvalue weighted by molar-refractivity contribution is 5.71. The zero-order valence-corrected chi connectivity index (χ0v) is 45.0. The summed E-state index contributed by atoms with van der Waals surface area (Å²) in [5.74, 6) is 12.3. The van der Waals surface area contributed by atoms with E-state index in [0.717, 1.165) is 80.6 Å². The van der Waals surface area contributed by atoms with Crippen LogP contribution in [0.3, 0.4) is 0 Å². The average Bonchev–Trinajstić information content (AvgIpc) is 4.21. The summed E-state index contributed by atoms with van der Waals surface area (Å²) in [7, 11) is 0. The SMILES string of the molecule is CC(C)(c1ccc(C=O)o1)c1ccc(C(C)(C)c2ccc(C(C)(C)c3ccc(C(C)(C)c4ccc(C(C)(C)c5ccc(C(C)(C)c6ccc(C(C)(C)c7ccc(C(C)(C)c8ccc(C=O)o8)o7)o6)o5)o4)o3)o2)o1. The number of hydrogen-bond donors (Lipinski definition) is 0. The van der Waals surface area contributed by atoms with Crippen LogP contribution >= 0.6 is 0 Å². The fourth-order valence-corrected chi connectivity index (χ4v) is 9.54.